The second-order valence-corrected chi connectivity index (χ2v) is 16.8. The van der Waals surface area contributed by atoms with Crippen molar-refractivity contribution in [2.75, 3.05) is 5.32 Å². The van der Waals surface area contributed by atoms with E-state index in [-0.39, 0.29) is 11.9 Å². The Morgan fingerprint density at radius 3 is 1.41 bits per heavy atom. The monoisotopic (exact) mass is 529 g/mol. The summed E-state index contributed by atoms with van der Waals surface area (Å²) in [4.78, 5) is 24.8. The van der Waals surface area contributed by atoms with Gasteiger partial charge in [-0.1, -0.05) is 0 Å². The van der Waals surface area contributed by atoms with Gasteiger partial charge >= 0.3 is 193 Å². The number of amides is 1. The van der Waals surface area contributed by atoms with Crippen LogP contribution in [0.3, 0.4) is 0 Å². The van der Waals surface area contributed by atoms with E-state index in [0.717, 1.165) is 10.7 Å². The van der Waals surface area contributed by atoms with Crippen LogP contribution in [-0.4, -0.2) is 30.7 Å². The first-order valence-electron chi connectivity index (χ1n) is 10.4. The normalized spacial score (nSPS) is 10.9. The van der Waals surface area contributed by atoms with E-state index in [9.17, 15) is 9.59 Å². The van der Waals surface area contributed by atoms with Crippen LogP contribution in [0.4, 0.5) is 5.69 Å². The maximum atomic E-state index is 13.5. The van der Waals surface area contributed by atoms with E-state index < -0.39 is 18.8 Å². The molecule has 158 valence electrons. The molecule has 0 aliphatic carbocycles. The maximum absolute atomic E-state index is 13.5. The molecule has 0 atom stereocenters. The first-order valence-corrected chi connectivity index (χ1v) is 15.8. The van der Waals surface area contributed by atoms with Crippen LogP contribution in [-0.2, 0) is 7.87 Å². The summed E-state index contributed by atoms with van der Waals surface area (Å²) in [5.74, 6) is -0.528. The Morgan fingerprint density at radius 1 is 0.625 bits per heavy atom. The molecule has 32 heavy (non-hydrogen) atoms. The Balaban J connectivity index is 1.82. The average Bonchev–Trinajstić information content (AvgIpc) is 2.84. The van der Waals surface area contributed by atoms with Gasteiger partial charge in [0.15, 0.2) is 0 Å². The SMILES string of the molecule is CC(=O)Nc1ccc(C(=O)[O][Sn]([c]2ccccc2)([c]2ccccc2)[c]2ccccc2)cc1. The molecule has 1 N–H and O–H groups in total. The Morgan fingerprint density at radius 2 is 1.03 bits per heavy atom. The van der Waals surface area contributed by atoms with Gasteiger partial charge in [0.2, 0.25) is 0 Å². The topological polar surface area (TPSA) is 55.4 Å². The number of carbonyl (C=O) groups is 2. The van der Waals surface area contributed by atoms with E-state index in [1.54, 1.807) is 24.3 Å². The van der Waals surface area contributed by atoms with Crippen molar-refractivity contribution < 1.29 is 12.7 Å². The van der Waals surface area contributed by atoms with Crippen molar-refractivity contribution in [3.63, 3.8) is 0 Å². The van der Waals surface area contributed by atoms with Gasteiger partial charge in [-0.25, -0.2) is 0 Å². The molecule has 4 rings (SSSR count). The molecule has 0 aromatic heterocycles. The molecule has 0 saturated heterocycles. The summed E-state index contributed by atoms with van der Waals surface area (Å²) in [5.41, 5.74) is 1.08. The molecule has 0 fully saturated rings. The summed E-state index contributed by atoms with van der Waals surface area (Å²) in [7, 11) is 0. The third-order valence-corrected chi connectivity index (χ3v) is 16.4. The van der Waals surface area contributed by atoms with Crippen molar-refractivity contribution in [1.82, 2.24) is 0 Å². The molecule has 0 heterocycles. The molecule has 0 saturated carbocycles. The Hall–Kier alpha value is -3.38. The molecule has 0 aliphatic rings. The van der Waals surface area contributed by atoms with Gasteiger partial charge in [-0.2, -0.15) is 0 Å². The Bertz CT molecular complexity index is 1100. The molecule has 4 aromatic carbocycles. The number of carbonyl (C=O) groups excluding carboxylic acids is 2. The third-order valence-electron chi connectivity index (χ3n) is 5.23. The van der Waals surface area contributed by atoms with Gasteiger partial charge in [0.25, 0.3) is 0 Å². The standard InChI is InChI=1S/C9H9NO3.3C6H5.Sn/c1-6(11)10-8-4-2-7(3-5-8)9(12)13;3*1-2-4-6-5-3-1;/h2-5H,1H3,(H,10,11)(H,12,13);3*1-5H;/q;;;;+1/p-1. The Labute approximate surface area is 192 Å². The van der Waals surface area contributed by atoms with Gasteiger partial charge in [0.05, 0.1) is 0 Å². The molecular weight excluding hydrogens is 505 g/mol. The van der Waals surface area contributed by atoms with Crippen molar-refractivity contribution in [3.05, 3.63) is 121 Å². The van der Waals surface area contributed by atoms with E-state index >= 15 is 0 Å². The zero-order valence-electron chi connectivity index (χ0n) is 17.7. The molecular formula is C27H23NO3Sn. The van der Waals surface area contributed by atoms with Crippen molar-refractivity contribution in [3.8, 4) is 0 Å². The minimum absolute atomic E-state index is 0.159. The third kappa shape index (κ3) is 4.60. The van der Waals surface area contributed by atoms with Crippen LogP contribution in [0.25, 0.3) is 0 Å². The van der Waals surface area contributed by atoms with Gasteiger partial charge in [-0.15, -0.1) is 0 Å². The first-order chi connectivity index (χ1) is 15.6. The summed E-state index contributed by atoms with van der Waals surface area (Å²) in [6, 6.07) is 37.0. The number of nitrogens with one attached hydrogen (secondary N) is 1. The fourth-order valence-electron chi connectivity index (χ4n) is 3.79. The molecule has 0 spiro atoms. The van der Waals surface area contributed by atoms with E-state index in [1.165, 1.54) is 6.92 Å². The van der Waals surface area contributed by atoms with E-state index in [1.807, 2.05) is 54.6 Å². The van der Waals surface area contributed by atoms with Crippen molar-refractivity contribution in [1.29, 1.82) is 0 Å². The zero-order chi connectivity index (χ0) is 22.4. The van der Waals surface area contributed by atoms with Gasteiger partial charge < -0.3 is 0 Å². The number of benzene rings is 4. The van der Waals surface area contributed by atoms with Crippen LogP contribution in [0.5, 0.6) is 0 Å². The van der Waals surface area contributed by atoms with Crippen LogP contribution in [0.15, 0.2) is 115 Å². The van der Waals surface area contributed by atoms with E-state index in [4.69, 9.17) is 3.07 Å². The van der Waals surface area contributed by atoms with Crippen LogP contribution < -0.4 is 16.1 Å². The summed E-state index contributed by atoms with van der Waals surface area (Å²) in [6.45, 7) is 1.45. The predicted octanol–water partition coefficient (Wildman–Crippen LogP) is 3.47. The van der Waals surface area contributed by atoms with Crippen LogP contribution in [0, 0.1) is 0 Å². The Kier molecular flexibility index (Phi) is 6.71. The van der Waals surface area contributed by atoms with Gasteiger partial charge in [0.1, 0.15) is 0 Å². The second-order valence-electron chi connectivity index (χ2n) is 7.43. The predicted molar refractivity (Wildman–Crippen MR) is 130 cm³/mol. The summed E-state index contributed by atoms with van der Waals surface area (Å²) in [6.07, 6.45) is 0. The molecule has 4 nitrogen and oxygen atoms in total. The van der Waals surface area contributed by atoms with E-state index in [0.29, 0.717) is 11.3 Å². The van der Waals surface area contributed by atoms with Gasteiger partial charge in [-0.05, 0) is 0 Å². The number of hydrogen-bond donors (Lipinski definition) is 1. The van der Waals surface area contributed by atoms with Gasteiger partial charge in [0, 0.05) is 0 Å². The molecule has 5 heteroatoms. The van der Waals surface area contributed by atoms with Crippen LogP contribution >= 0.6 is 0 Å². The molecule has 1 amide bonds. The number of rotatable bonds is 6. The second kappa shape index (κ2) is 9.83. The average molecular weight is 528 g/mol. The first kappa shape index (κ1) is 21.8. The minimum atomic E-state index is -4.15. The van der Waals surface area contributed by atoms with E-state index in [2.05, 4.69) is 41.7 Å². The molecule has 4 aromatic rings. The van der Waals surface area contributed by atoms with Crippen molar-refractivity contribution in [2.24, 2.45) is 0 Å². The summed E-state index contributed by atoms with van der Waals surface area (Å²) >= 11 is -4.15. The summed E-state index contributed by atoms with van der Waals surface area (Å²) < 4.78 is 9.76. The van der Waals surface area contributed by atoms with Crippen molar-refractivity contribution >= 4 is 47.1 Å². The molecule has 0 radical (unpaired) electrons. The fraction of sp³-hybridized carbons (Fsp3) is 0.0370. The van der Waals surface area contributed by atoms with Gasteiger partial charge in [-0.3, -0.25) is 0 Å². The fourth-order valence-corrected chi connectivity index (χ4v) is 14.4. The number of anilines is 1. The quantitative estimate of drug-likeness (QED) is 0.391. The zero-order valence-corrected chi connectivity index (χ0v) is 20.5. The van der Waals surface area contributed by atoms with Crippen LogP contribution in [0.1, 0.15) is 17.3 Å². The summed E-state index contributed by atoms with van der Waals surface area (Å²) in [5, 5.41) is 2.72. The molecule has 0 unspecified atom stereocenters. The molecule has 0 bridgehead atoms. The van der Waals surface area contributed by atoms with Crippen LogP contribution in [0.2, 0.25) is 0 Å². The molecule has 0 aliphatic heterocycles. The van der Waals surface area contributed by atoms with Crippen molar-refractivity contribution in [2.45, 2.75) is 6.92 Å². The number of hydrogen-bond acceptors (Lipinski definition) is 3.